The number of ether oxygens (including phenoxy) is 3. The van der Waals surface area contributed by atoms with E-state index in [1.54, 1.807) is 20.8 Å². The second kappa shape index (κ2) is 12.1. The number of thioether (sulfide) groups is 1. The number of amides is 1. The van der Waals surface area contributed by atoms with E-state index in [2.05, 4.69) is 26.6 Å². The third-order valence-corrected chi connectivity index (χ3v) is 7.09. The fraction of sp³-hybridized carbons (Fsp3) is 0.545. The van der Waals surface area contributed by atoms with Gasteiger partial charge in [0.25, 0.3) is 0 Å². The van der Waals surface area contributed by atoms with Gasteiger partial charge in [-0.2, -0.15) is 0 Å². The minimum atomic E-state index is -1.08. The molecule has 186 valence electrons. The molecule has 1 aromatic rings. The van der Waals surface area contributed by atoms with Gasteiger partial charge in [0, 0.05) is 11.1 Å². The van der Waals surface area contributed by atoms with Crippen molar-refractivity contribution in [1.29, 1.82) is 0 Å². The maximum absolute atomic E-state index is 12.4. The zero-order chi connectivity index (χ0) is 25.5. The lowest BCUT2D eigenvalue weighted by atomic mass is 9.96. The summed E-state index contributed by atoms with van der Waals surface area (Å²) < 4.78 is 14.8. The Bertz CT molecular complexity index is 975. The van der Waals surface area contributed by atoms with Crippen molar-refractivity contribution in [2.45, 2.75) is 45.4 Å². The largest absolute Gasteiger partial charge is 0.468 e. The van der Waals surface area contributed by atoms with Crippen LogP contribution in [0, 0.1) is 11.8 Å². The van der Waals surface area contributed by atoms with Crippen LogP contribution >= 0.6 is 23.1 Å². The molecule has 0 saturated carbocycles. The van der Waals surface area contributed by atoms with Crippen LogP contribution in [-0.4, -0.2) is 65.5 Å². The summed E-state index contributed by atoms with van der Waals surface area (Å²) in [5.74, 6) is -3.18. The van der Waals surface area contributed by atoms with E-state index < -0.39 is 35.5 Å². The number of nitrogens with zero attached hydrogens (tertiary/aromatic N) is 2. The Balaban J connectivity index is 1.91. The molecular formula is C22H29N3O7S2. The first-order chi connectivity index (χ1) is 16.0. The minimum Gasteiger partial charge on any atom is -0.468 e. The highest BCUT2D eigenvalue weighted by Gasteiger charge is 2.40. The summed E-state index contributed by atoms with van der Waals surface area (Å²) in [5.41, 5.74) is -0.306. The van der Waals surface area contributed by atoms with Gasteiger partial charge in [-0.05, 0) is 12.8 Å². The molecule has 0 aromatic carbocycles. The molecule has 3 atom stereocenters. The number of hydrogen-bond donors (Lipinski definition) is 1. The second-order valence-corrected chi connectivity index (χ2v) is 9.94. The van der Waals surface area contributed by atoms with Gasteiger partial charge in [-0.25, -0.2) is 9.78 Å². The van der Waals surface area contributed by atoms with Gasteiger partial charge in [0.15, 0.2) is 11.5 Å². The summed E-state index contributed by atoms with van der Waals surface area (Å²) in [4.78, 5) is 57.5. The quantitative estimate of drug-likeness (QED) is 0.205. The number of rotatable bonds is 11. The van der Waals surface area contributed by atoms with Gasteiger partial charge >= 0.3 is 17.9 Å². The molecule has 1 aliphatic rings. The van der Waals surface area contributed by atoms with Crippen LogP contribution in [0.25, 0.3) is 0 Å². The SMILES string of the molecule is C=C[C@@H](CC(=O)NCc1nc(C2=N[C@](C)(C(=O)OC)CS2)cs1)OC(=O)[C@H](C(=O)OC)C(C)C. The van der Waals surface area contributed by atoms with Crippen LogP contribution in [0.5, 0.6) is 0 Å². The van der Waals surface area contributed by atoms with E-state index in [4.69, 9.17) is 9.47 Å². The van der Waals surface area contributed by atoms with Crippen LogP contribution < -0.4 is 5.32 Å². The number of carbonyl (C=O) groups is 4. The van der Waals surface area contributed by atoms with Crippen molar-refractivity contribution >= 4 is 52.0 Å². The maximum atomic E-state index is 12.4. The van der Waals surface area contributed by atoms with Gasteiger partial charge in [-0.15, -0.1) is 23.1 Å². The molecule has 0 saturated heterocycles. The van der Waals surface area contributed by atoms with Crippen molar-refractivity contribution in [1.82, 2.24) is 10.3 Å². The van der Waals surface area contributed by atoms with Crippen LogP contribution in [0.1, 0.15) is 37.9 Å². The Labute approximate surface area is 206 Å². The molecule has 1 N–H and O–H groups in total. The molecule has 2 rings (SSSR count). The Kier molecular flexibility index (Phi) is 9.80. The molecule has 1 aromatic heterocycles. The summed E-state index contributed by atoms with van der Waals surface area (Å²) >= 11 is 2.77. The van der Waals surface area contributed by atoms with Crippen molar-refractivity contribution < 1.29 is 33.4 Å². The zero-order valence-electron chi connectivity index (χ0n) is 19.8. The molecule has 12 heteroatoms. The highest BCUT2D eigenvalue weighted by atomic mass is 32.2. The normalized spacial score (nSPS) is 19.1. The number of aromatic nitrogens is 1. The van der Waals surface area contributed by atoms with Crippen LogP contribution in [0.3, 0.4) is 0 Å². The molecule has 0 bridgehead atoms. The molecule has 1 aliphatic heterocycles. The van der Waals surface area contributed by atoms with Crippen LogP contribution in [-0.2, 0) is 39.9 Å². The van der Waals surface area contributed by atoms with E-state index in [1.807, 2.05) is 5.38 Å². The molecule has 2 heterocycles. The van der Waals surface area contributed by atoms with Crippen molar-refractivity contribution in [2.24, 2.45) is 16.8 Å². The highest BCUT2D eigenvalue weighted by Crippen LogP contribution is 2.32. The van der Waals surface area contributed by atoms with Crippen molar-refractivity contribution in [3.05, 3.63) is 28.7 Å². The van der Waals surface area contributed by atoms with Gasteiger partial charge in [0.05, 0.1) is 27.2 Å². The molecular weight excluding hydrogens is 482 g/mol. The first kappa shape index (κ1) is 27.5. The molecule has 10 nitrogen and oxygen atoms in total. The van der Waals surface area contributed by atoms with Gasteiger partial charge in [0.2, 0.25) is 5.91 Å². The number of nitrogens with one attached hydrogen (secondary N) is 1. The zero-order valence-corrected chi connectivity index (χ0v) is 21.4. The number of esters is 3. The Hall–Kier alpha value is -2.73. The third kappa shape index (κ3) is 6.89. The van der Waals surface area contributed by atoms with Gasteiger partial charge < -0.3 is 19.5 Å². The van der Waals surface area contributed by atoms with Crippen LogP contribution in [0.4, 0.5) is 0 Å². The monoisotopic (exact) mass is 511 g/mol. The summed E-state index contributed by atoms with van der Waals surface area (Å²) in [6, 6.07) is 0. The smallest absolute Gasteiger partial charge is 0.334 e. The summed E-state index contributed by atoms with van der Waals surface area (Å²) in [5, 5.41) is 5.83. The Morgan fingerprint density at radius 2 is 1.94 bits per heavy atom. The van der Waals surface area contributed by atoms with Crippen molar-refractivity contribution in [3.63, 3.8) is 0 Å². The maximum Gasteiger partial charge on any atom is 0.334 e. The van der Waals surface area contributed by atoms with E-state index in [0.29, 0.717) is 21.5 Å². The standard InChI is InChI=1S/C22H29N3O7S2/c1-7-13(32-20(28)17(12(2)3)19(27)30-5)8-15(26)23-9-16-24-14(10-33-16)18-25-22(4,11-34-18)21(29)31-6/h7,10,12-13,17H,1,8-9,11H2,2-6H3,(H,23,26)/t13-,17-,22-/m0/s1. The van der Waals surface area contributed by atoms with Crippen LogP contribution in [0.15, 0.2) is 23.0 Å². The molecule has 0 spiro atoms. The number of methoxy groups -OCH3 is 2. The lowest BCUT2D eigenvalue weighted by Gasteiger charge is -2.20. The first-order valence-electron chi connectivity index (χ1n) is 10.5. The average molecular weight is 512 g/mol. The predicted octanol–water partition coefficient (Wildman–Crippen LogP) is 2.12. The molecule has 1 amide bonds. The average Bonchev–Trinajstić information content (AvgIpc) is 3.43. The molecule has 0 radical (unpaired) electrons. The molecule has 0 unspecified atom stereocenters. The minimum absolute atomic E-state index is 0.153. The molecule has 0 fully saturated rings. The van der Waals surface area contributed by atoms with Crippen LogP contribution in [0.2, 0.25) is 0 Å². The summed E-state index contributed by atoms with van der Waals surface area (Å²) in [7, 11) is 2.53. The lowest BCUT2D eigenvalue weighted by molar-refractivity contribution is -0.165. The summed E-state index contributed by atoms with van der Waals surface area (Å²) in [6.07, 6.45) is 0.284. The fourth-order valence-electron chi connectivity index (χ4n) is 3.04. The first-order valence-corrected chi connectivity index (χ1v) is 12.3. The Morgan fingerprint density at radius 3 is 2.53 bits per heavy atom. The number of carbonyl (C=O) groups excluding carboxylic acids is 4. The second-order valence-electron chi connectivity index (χ2n) is 8.03. The topological polar surface area (TPSA) is 133 Å². The van der Waals surface area contributed by atoms with Gasteiger partial charge in [-0.3, -0.25) is 19.4 Å². The Morgan fingerprint density at radius 1 is 1.24 bits per heavy atom. The van der Waals surface area contributed by atoms with Crippen molar-refractivity contribution in [2.75, 3.05) is 20.0 Å². The predicted molar refractivity (Wildman–Crippen MR) is 128 cm³/mol. The van der Waals surface area contributed by atoms with E-state index in [0.717, 1.165) is 0 Å². The number of hydrogen-bond acceptors (Lipinski definition) is 11. The lowest BCUT2D eigenvalue weighted by Crippen LogP contribution is -2.35. The van der Waals surface area contributed by atoms with Gasteiger partial charge in [0.1, 0.15) is 21.8 Å². The highest BCUT2D eigenvalue weighted by molar-refractivity contribution is 8.14. The van der Waals surface area contributed by atoms with E-state index in [9.17, 15) is 19.2 Å². The number of aliphatic imine (C=N–C) groups is 1. The number of thiazole rings is 1. The summed E-state index contributed by atoms with van der Waals surface area (Å²) in [6.45, 7) is 8.88. The molecule has 0 aliphatic carbocycles. The third-order valence-electron chi connectivity index (χ3n) is 4.96. The van der Waals surface area contributed by atoms with E-state index in [1.165, 1.54) is 43.4 Å². The molecule has 34 heavy (non-hydrogen) atoms. The van der Waals surface area contributed by atoms with E-state index >= 15 is 0 Å². The van der Waals surface area contributed by atoms with Crippen molar-refractivity contribution in [3.8, 4) is 0 Å². The fourth-order valence-corrected chi connectivity index (χ4v) is 4.95. The van der Waals surface area contributed by atoms with E-state index in [-0.39, 0.29) is 24.8 Å². The van der Waals surface area contributed by atoms with Gasteiger partial charge in [-0.1, -0.05) is 26.5 Å².